The van der Waals surface area contributed by atoms with E-state index in [4.69, 9.17) is 24.6 Å². The number of ketones is 1. The van der Waals surface area contributed by atoms with Crippen LogP contribution in [-0.4, -0.2) is 152 Å². The molecular formula is C41H85ClIMgNO14Si3. The van der Waals surface area contributed by atoms with E-state index in [-0.39, 0.29) is 126 Å². The van der Waals surface area contributed by atoms with Crippen molar-refractivity contribution in [2.24, 2.45) is 0 Å². The zero-order chi connectivity index (χ0) is 48.7. The van der Waals surface area contributed by atoms with Gasteiger partial charge in [0.2, 0.25) is 5.91 Å². The quantitative estimate of drug-likeness (QED) is 0.0310. The summed E-state index contributed by atoms with van der Waals surface area (Å²) < 4.78 is 38.3. The molecule has 0 aromatic rings. The number of halogens is 2. The van der Waals surface area contributed by atoms with Gasteiger partial charge in [-0.05, 0) is 66.2 Å². The average molecular weight is 1090 g/mol. The van der Waals surface area contributed by atoms with E-state index in [0.29, 0.717) is 4.91 Å². The minimum Gasteiger partial charge on any atom is -1.00 e. The van der Waals surface area contributed by atoms with E-state index in [1.807, 2.05) is 35.7 Å². The van der Waals surface area contributed by atoms with Gasteiger partial charge in [-0.2, -0.15) is 0 Å². The summed E-state index contributed by atoms with van der Waals surface area (Å²) in [5.41, 5.74) is 0. The number of nitrogens with zero attached hydrogens (tertiary/aromatic N) is 1. The van der Waals surface area contributed by atoms with Crippen molar-refractivity contribution in [3.05, 3.63) is 7.43 Å². The van der Waals surface area contributed by atoms with Crippen LogP contribution >= 0.6 is 22.6 Å². The van der Waals surface area contributed by atoms with Crippen molar-refractivity contribution in [1.82, 2.24) is 5.06 Å². The monoisotopic (exact) mass is 1090 g/mol. The van der Waals surface area contributed by atoms with Crippen LogP contribution in [0, 0.1) is 7.43 Å². The minimum absolute atomic E-state index is 0. The number of carbonyl (C=O) groups excluding carboxylic acids is 5. The molecule has 0 heterocycles. The summed E-state index contributed by atoms with van der Waals surface area (Å²) in [7, 11) is 0.771. The molecule has 0 rings (SSSR count). The van der Waals surface area contributed by atoms with Gasteiger partial charge < -0.3 is 52.4 Å². The molecule has 0 radical (unpaired) electrons. The van der Waals surface area contributed by atoms with Crippen LogP contribution in [0.2, 0.25) is 54.4 Å². The average Bonchev–Trinajstić information content (AvgIpc) is 3.05. The predicted molar refractivity (Wildman–Crippen MR) is 260 cm³/mol. The topological polar surface area (TPSA) is 190 Å². The molecule has 62 heavy (non-hydrogen) atoms. The number of carboxylic acids is 1. The zero-order valence-electron chi connectivity index (χ0n) is 43.3. The summed E-state index contributed by atoms with van der Waals surface area (Å²) in [4.78, 5) is 73.5. The molecule has 0 aliphatic heterocycles. The number of rotatable bonds is 19. The van der Waals surface area contributed by atoms with Gasteiger partial charge in [0.15, 0.2) is 25.0 Å². The first-order chi connectivity index (χ1) is 26.8. The van der Waals surface area contributed by atoms with E-state index in [1.165, 1.54) is 42.4 Å². The normalized spacial score (nSPS) is 13.2. The van der Waals surface area contributed by atoms with E-state index in [1.54, 1.807) is 0 Å². The van der Waals surface area contributed by atoms with Gasteiger partial charge in [0.1, 0.15) is 5.78 Å². The maximum absolute atomic E-state index is 12.0. The van der Waals surface area contributed by atoms with E-state index in [0.717, 1.165) is 5.06 Å². The summed E-state index contributed by atoms with van der Waals surface area (Å²) in [6, 6.07) is 0. The van der Waals surface area contributed by atoms with Crippen LogP contribution in [0.25, 0.3) is 0 Å². The Labute approximate surface area is 416 Å². The largest absolute Gasteiger partial charge is 2.00 e. The molecule has 366 valence electrons. The Bertz CT molecular complexity index is 1270. The van der Waals surface area contributed by atoms with Crippen LogP contribution in [0.3, 0.4) is 0 Å². The van der Waals surface area contributed by atoms with Crippen molar-refractivity contribution < 1.29 is 80.0 Å². The molecule has 0 unspecified atom stereocenters. The van der Waals surface area contributed by atoms with Gasteiger partial charge >= 0.3 is 46.9 Å². The van der Waals surface area contributed by atoms with Crippen molar-refractivity contribution in [1.29, 1.82) is 0 Å². The summed E-state index contributed by atoms with van der Waals surface area (Å²) >= 11 is 1.96. The number of alkyl halides is 1. The van der Waals surface area contributed by atoms with E-state index in [2.05, 4.69) is 103 Å². The Hall–Kier alpha value is -0.703. The van der Waals surface area contributed by atoms with Gasteiger partial charge in [0, 0.05) is 14.8 Å². The Morgan fingerprint density at radius 3 is 1.03 bits per heavy atom. The predicted octanol–water partition coefficient (Wildman–Crippen LogP) is 5.81. The molecular weight excluding hydrogens is 1000 g/mol. The van der Waals surface area contributed by atoms with Crippen LogP contribution in [0.1, 0.15) is 109 Å². The molecule has 15 nitrogen and oxygen atoms in total. The molecule has 1 N–H and O–H groups in total. The summed E-state index contributed by atoms with van der Waals surface area (Å²) in [6.45, 7) is 32.9. The summed E-state index contributed by atoms with van der Waals surface area (Å²) in [5.74, 6) is -2.33. The van der Waals surface area contributed by atoms with Gasteiger partial charge in [-0.3, -0.25) is 33.6 Å². The van der Waals surface area contributed by atoms with Crippen LogP contribution in [0.15, 0.2) is 0 Å². The molecule has 0 saturated heterocycles. The SMILES string of the molecule is COC(=O)C[C@@H](CC(=O)N(C)OC)O[Si](C)(C)C(C)(C)C.COC(=O)C[C@@H](CC(=O)O)O[Si](C)(C)C(C)(C)C.COC(=O)C[C@@H](CC(C)=O)O[Si](C)(C)C(C)(C)C.[2H]CI.[CH3-].[Cl-].[Mg+2]. The van der Waals surface area contributed by atoms with Crippen LogP contribution in [-0.2, 0) is 61.1 Å². The third-order valence-electron chi connectivity index (χ3n) is 10.6. The van der Waals surface area contributed by atoms with Gasteiger partial charge in [0.05, 0.1) is 78.9 Å². The number of ether oxygens (including phenoxy) is 3. The van der Waals surface area contributed by atoms with Crippen LogP contribution in [0.4, 0.5) is 0 Å². The van der Waals surface area contributed by atoms with Crippen molar-refractivity contribution in [3.8, 4) is 0 Å². The van der Waals surface area contributed by atoms with E-state index >= 15 is 0 Å². The molecule has 1 amide bonds. The number of esters is 3. The number of hydroxylamine groups is 2. The van der Waals surface area contributed by atoms with Crippen molar-refractivity contribution in [2.45, 2.75) is 180 Å². The number of methoxy groups -OCH3 is 3. The molecule has 0 bridgehead atoms. The maximum atomic E-state index is 12.0. The standard InChI is InChI=1S/C14H29NO5Si.C13H26O4Si.C12H24O5Si.CH3I.CH3.ClH.Mg/c1-14(2,3)21(7,8)20-11(10-13(17)18-5)9-12(16)15(4)19-6;1-10(14)8-11(9-12(15)16-5)17-18(6,7)13(2,3)4;1-12(2,3)18(5,6)17-9(7-10(13)14)8-11(15)16-4;1-2;;;/h11H,9-10H2,1-8H3;11H,8-9H2,1-7H3;9H,7-8H2,1-6H3,(H,13,14);1H3;1H3;1H;/q;;;;-1;;+2/p-1/t2*11-;9-;;;;/m111..../s1/i;;;1D;;;. The molecule has 3 atom stereocenters. The smallest absolute Gasteiger partial charge is 1.00 e. The number of hydrogen-bond acceptors (Lipinski definition) is 13. The first-order valence-electron chi connectivity index (χ1n) is 20.2. The summed E-state index contributed by atoms with van der Waals surface area (Å²) in [5, 5.41) is 10.0. The Kier molecular flexibility index (Phi) is 40.7. The summed E-state index contributed by atoms with van der Waals surface area (Å²) in [6.07, 6.45) is -1.12. The third-order valence-corrected chi connectivity index (χ3v) is 24.2. The Balaban J connectivity index is -0.000000142. The fraction of sp³-hybridized carbons (Fsp3) is 0.829. The molecule has 0 spiro atoms. The second-order valence-electron chi connectivity index (χ2n) is 18.6. The zero-order valence-corrected chi connectivity index (χ0v) is 49.7. The molecule has 0 aromatic heterocycles. The number of aliphatic carboxylic acids is 1. The van der Waals surface area contributed by atoms with E-state index in [9.17, 15) is 28.8 Å². The van der Waals surface area contributed by atoms with Gasteiger partial charge in [0.25, 0.3) is 0 Å². The minimum atomic E-state index is -2.09. The second kappa shape index (κ2) is 34.6. The first-order valence-corrected chi connectivity index (χ1v) is 29.7. The van der Waals surface area contributed by atoms with Gasteiger partial charge in [-0.1, -0.05) is 84.9 Å². The number of hydrogen-bond donors (Lipinski definition) is 1. The fourth-order valence-electron chi connectivity index (χ4n) is 4.00. The van der Waals surface area contributed by atoms with Crippen molar-refractivity contribution in [3.63, 3.8) is 0 Å². The molecule has 0 aliphatic carbocycles. The number of carboxylic acid groups (broad SMARTS) is 1. The van der Waals surface area contributed by atoms with E-state index < -0.39 is 49.1 Å². The first kappa shape index (κ1) is 72.9. The number of Topliss-reactive ketones (excluding diaryl/α,β-unsaturated/α-hetero) is 1. The van der Waals surface area contributed by atoms with Crippen molar-refractivity contribution >= 4 is 106 Å². The Morgan fingerprint density at radius 2 is 0.839 bits per heavy atom. The van der Waals surface area contributed by atoms with Gasteiger partial charge in [-0.15, -0.1) is 0 Å². The second-order valence-corrected chi connectivity index (χ2v) is 32.9. The van der Waals surface area contributed by atoms with Crippen LogP contribution < -0.4 is 12.4 Å². The molecule has 21 heteroatoms. The van der Waals surface area contributed by atoms with Crippen molar-refractivity contribution in [2.75, 3.05) is 40.4 Å². The molecule has 0 aromatic carbocycles. The maximum Gasteiger partial charge on any atom is 2.00 e. The number of amides is 1. The fourth-order valence-corrected chi connectivity index (χ4v) is 8.06. The molecule has 0 aliphatic rings. The Morgan fingerprint density at radius 1 is 0.597 bits per heavy atom. The van der Waals surface area contributed by atoms with Gasteiger partial charge in [-0.25, -0.2) is 5.06 Å². The van der Waals surface area contributed by atoms with Crippen LogP contribution in [0.5, 0.6) is 0 Å². The molecule has 0 fully saturated rings. The molecule has 0 saturated carbocycles. The number of carbonyl (C=O) groups is 6. The third kappa shape index (κ3) is 33.7.